The summed E-state index contributed by atoms with van der Waals surface area (Å²) in [6, 6.07) is 3.17. The molecule has 1 aromatic heterocycles. The fourth-order valence-electron chi connectivity index (χ4n) is 7.56. The van der Waals surface area contributed by atoms with Crippen LogP contribution in [-0.2, 0) is 0 Å². The molecule has 21 heavy (non-hydrogen) atoms. The standard InChI is InChI=1S/C17H17FN2O/c18-11-2-1-6(5-19-11)17(21)20-16-14-9-3-7-8-4-10(12(7)14)15(16)13(8)9/h1-2,5,7-10,12-16H,3-4H2,(H,20,21). The summed E-state index contributed by atoms with van der Waals surface area (Å²) in [5.74, 6) is 6.46. The van der Waals surface area contributed by atoms with Crippen LogP contribution in [0, 0.1) is 53.3 Å². The van der Waals surface area contributed by atoms with Crippen LogP contribution < -0.4 is 5.32 Å². The maximum absolute atomic E-state index is 12.9. The summed E-state index contributed by atoms with van der Waals surface area (Å²) < 4.78 is 12.9. The molecule has 1 heterocycles. The van der Waals surface area contributed by atoms with E-state index in [1.54, 1.807) is 0 Å². The van der Waals surface area contributed by atoms with Crippen molar-refractivity contribution in [2.75, 3.05) is 0 Å². The average molecular weight is 284 g/mol. The predicted octanol–water partition coefficient (Wildman–Crippen LogP) is 2.10. The van der Waals surface area contributed by atoms with Gasteiger partial charge in [0.25, 0.3) is 5.91 Å². The van der Waals surface area contributed by atoms with E-state index in [-0.39, 0.29) is 5.91 Å². The van der Waals surface area contributed by atoms with E-state index in [0.717, 1.165) is 47.3 Å². The number of carbonyl (C=O) groups excluding carboxylic acids is 1. The van der Waals surface area contributed by atoms with Crippen LogP contribution in [0.25, 0.3) is 0 Å². The number of pyridine rings is 1. The van der Waals surface area contributed by atoms with Gasteiger partial charge in [0.2, 0.25) is 5.95 Å². The number of hydrogen-bond acceptors (Lipinski definition) is 2. The number of nitrogens with one attached hydrogen (secondary N) is 1. The van der Waals surface area contributed by atoms with Gasteiger partial charge in [-0.05, 0) is 72.3 Å². The molecule has 6 bridgehead atoms. The van der Waals surface area contributed by atoms with Crippen molar-refractivity contribution in [1.82, 2.24) is 10.3 Å². The fraction of sp³-hybridized carbons (Fsp3) is 0.647. The number of rotatable bonds is 2. The molecule has 8 unspecified atom stereocenters. The zero-order chi connectivity index (χ0) is 13.9. The van der Waals surface area contributed by atoms with Crippen LogP contribution in [0.5, 0.6) is 0 Å². The molecule has 8 atom stereocenters. The summed E-state index contributed by atoms with van der Waals surface area (Å²) in [6.07, 6.45) is 4.21. The van der Waals surface area contributed by atoms with Gasteiger partial charge >= 0.3 is 0 Å². The second kappa shape index (κ2) is 3.31. The minimum absolute atomic E-state index is 0.0694. The summed E-state index contributed by atoms with van der Waals surface area (Å²) >= 11 is 0. The monoisotopic (exact) mass is 284 g/mol. The first-order valence-electron chi connectivity index (χ1n) is 8.16. The molecule has 1 N–H and O–H groups in total. The number of hydrogen-bond donors (Lipinski definition) is 1. The number of nitrogens with zero attached hydrogens (tertiary/aromatic N) is 1. The third kappa shape index (κ3) is 1.08. The van der Waals surface area contributed by atoms with Crippen molar-refractivity contribution in [2.45, 2.75) is 18.9 Å². The van der Waals surface area contributed by atoms with Gasteiger partial charge in [0.05, 0.1) is 5.56 Å². The number of halogens is 1. The van der Waals surface area contributed by atoms with E-state index < -0.39 is 5.95 Å². The minimum Gasteiger partial charge on any atom is -0.349 e. The van der Waals surface area contributed by atoms with Gasteiger partial charge in [-0.3, -0.25) is 4.79 Å². The predicted molar refractivity (Wildman–Crippen MR) is 72.6 cm³/mol. The molecular weight excluding hydrogens is 267 g/mol. The maximum Gasteiger partial charge on any atom is 0.253 e. The Labute approximate surface area is 122 Å². The molecule has 6 aliphatic carbocycles. The summed E-state index contributed by atoms with van der Waals surface area (Å²) in [6.45, 7) is 0. The second-order valence-electron chi connectivity index (χ2n) is 7.81. The highest BCUT2D eigenvalue weighted by molar-refractivity contribution is 5.94. The molecular formula is C17H17FN2O. The van der Waals surface area contributed by atoms with Gasteiger partial charge in [-0.15, -0.1) is 0 Å². The van der Waals surface area contributed by atoms with Gasteiger partial charge in [0, 0.05) is 12.2 Å². The largest absolute Gasteiger partial charge is 0.349 e. The molecule has 6 fully saturated rings. The second-order valence-corrected chi connectivity index (χ2v) is 7.81. The van der Waals surface area contributed by atoms with Crippen molar-refractivity contribution < 1.29 is 9.18 Å². The lowest BCUT2D eigenvalue weighted by Crippen LogP contribution is -2.39. The van der Waals surface area contributed by atoms with Crippen molar-refractivity contribution in [2.24, 2.45) is 47.3 Å². The minimum atomic E-state index is -0.535. The lowest BCUT2D eigenvalue weighted by molar-refractivity contribution is 0.0923. The van der Waals surface area contributed by atoms with Gasteiger partial charge in [0.1, 0.15) is 0 Å². The lowest BCUT2D eigenvalue weighted by Gasteiger charge is -2.33. The van der Waals surface area contributed by atoms with Gasteiger partial charge < -0.3 is 5.32 Å². The van der Waals surface area contributed by atoms with Crippen molar-refractivity contribution in [3.63, 3.8) is 0 Å². The molecule has 1 amide bonds. The number of carbonyl (C=O) groups is 1. The Kier molecular flexibility index (Phi) is 1.76. The highest BCUT2D eigenvalue weighted by Crippen LogP contribution is 2.82. The normalized spacial score (nSPS) is 53.3. The van der Waals surface area contributed by atoms with Crippen LogP contribution >= 0.6 is 0 Å². The van der Waals surface area contributed by atoms with Crippen LogP contribution in [0.2, 0.25) is 0 Å². The van der Waals surface area contributed by atoms with Gasteiger partial charge in [0.15, 0.2) is 0 Å². The quantitative estimate of drug-likeness (QED) is 0.845. The van der Waals surface area contributed by atoms with Crippen molar-refractivity contribution >= 4 is 5.91 Å². The van der Waals surface area contributed by atoms with Gasteiger partial charge in [-0.25, -0.2) is 4.98 Å². The molecule has 3 nitrogen and oxygen atoms in total. The molecule has 0 radical (unpaired) electrons. The fourth-order valence-corrected chi connectivity index (χ4v) is 7.56. The van der Waals surface area contributed by atoms with Crippen LogP contribution in [-0.4, -0.2) is 16.9 Å². The highest BCUT2D eigenvalue weighted by atomic mass is 19.1. The lowest BCUT2D eigenvalue weighted by atomic mass is 9.71. The molecule has 7 rings (SSSR count). The van der Waals surface area contributed by atoms with E-state index in [1.165, 1.54) is 31.2 Å². The first kappa shape index (κ1) is 11.2. The Morgan fingerprint density at radius 1 is 1.05 bits per heavy atom. The SMILES string of the molecule is O=C(NC1C2C3CC4C5CC(C42)C1C53)c1ccc(F)nc1. The molecule has 6 aliphatic rings. The molecule has 4 heteroatoms. The smallest absolute Gasteiger partial charge is 0.253 e. The molecule has 0 aliphatic heterocycles. The third-order valence-electron chi connectivity index (χ3n) is 7.61. The number of amides is 1. The van der Waals surface area contributed by atoms with E-state index in [0.29, 0.717) is 11.6 Å². The summed E-state index contributed by atoms with van der Waals surface area (Å²) in [5.41, 5.74) is 0.481. The Morgan fingerprint density at radius 3 is 2.29 bits per heavy atom. The molecule has 0 aromatic carbocycles. The van der Waals surface area contributed by atoms with Crippen LogP contribution in [0.15, 0.2) is 18.3 Å². The van der Waals surface area contributed by atoms with E-state index in [4.69, 9.17) is 0 Å². The first-order valence-corrected chi connectivity index (χ1v) is 8.16. The average Bonchev–Trinajstić information content (AvgIpc) is 3.18. The summed E-state index contributed by atoms with van der Waals surface area (Å²) in [7, 11) is 0. The molecule has 1 aromatic rings. The Balaban J connectivity index is 1.31. The van der Waals surface area contributed by atoms with Crippen LogP contribution in [0.1, 0.15) is 23.2 Å². The van der Waals surface area contributed by atoms with E-state index in [9.17, 15) is 9.18 Å². The van der Waals surface area contributed by atoms with Crippen LogP contribution in [0.3, 0.4) is 0 Å². The molecule has 6 saturated carbocycles. The van der Waals surface area contributed by atoms with Crippen molar-refractivity contribution in [3.8, 4) is 0 Å². The highest BCUT2D eigenvalue weighted by Gasteiger charge is 2.80. The Morgan fingerprint density at radius 2 is 1.71 bits per heavy atom. The van der Waals surface area contributed by atoms with E-state index in [1.807, 2.05) is 0 Å². The summed E-state index contributed by atoms with van der Waals surface area (Å²) in [4.78, 5) is 16.0. The van der Waals surface area contributed by atoms with Crippen molar-refractivity contribution in [3.05, 3.63) is 29.8 Å². The Bertz CT molecular complexity index is 631. The van der Waals surface area contributed by atoms with E-state index >= 15 is 0 Å². The maximum atomic E-state index is 12.9. The van der Waals surface area contributed by atoms with Gasteiger partial charge in [-0.2, -0.15) is 4.39 Å². The van der Waals surface area contributed by atoms with E-state index in [2.05, 4.69) is 10.3 Å². The van der Waals surface area contributed by atoms with Crippen molar-refractivity contribution in [1.29, 1.82) is 0 Å². The third-order valence-corrected chi connectivity index (χ3v) is 7.61. The zero-order valence-corrected chi connectivity index (χ0v) is 11.6. The molecule has 0 saturated heterocycles. The Hall–Kier alpha value is -1.45. The van der Waals surface area contributed by atoms with Crippen LogP contribution in [0.4, 0.5) is 4.39 Å². The topological polar surface area (TPSA) is 42.0 Å². The summed E-state index contributed by atoms with van der Waals surface area (Å²) in [5, 5.41) is 3.29. The molecule has 0 spiro atoms. The van der Waals surface area contributed by atoms with Gasteiger partial charge in [-0.1, -0.05) is 0 Å². The first-order chi connectivity index (χ1) is 10.2. The number of aromatic nitrogens is 1. The zero-order valence-electron chi connectivity index (χ0n) is 11.6. The molecule has 108 valence electrons.